The van der Waals surface area contributed by atoms with Crippen LogP contribution in [-0.4, -0.2) is 4.98 Å². The normalized spacial score (nSPS) is 10.2. The van der Waals surface area contributed by atoms with Gasteiger partial charge in [-0.25, -0.2) is 4.98 Å². The number of thiophene rings is 1. The molecule has 0 radical (unpaired) electrons. The maximum atomic E-state index is 9.68. The van der Waals surface area contributed by atoms with Gasteiger partial charge in [0.2, 0.25) is 0 Å². The maximum absolute atomic E-state index is 9.68. The fourth-order valence-electron chi connectivity index (χ4n) is 2.30. The number of nitrogens with two attached hydrogens (primary N) is 1. The van der Waals surface area contributed by atoms with Gasteiger partial charge in [0.05, 0.1) is 5.56 Å². The smallest absolute Gasteiger partial charge is 0.143 e. The Balaban J connectivity index is 2.04. The highest BCUT2D eigenvalue weighted by molar-refractivity contribution is 7.98. The Morgan fingerprint density at radius 3 is 2.44 bits per heavy atom. The largest absolute Gasteiger partial charge is 0.383 e. The minimum atomic E-state index is 0.142. The van der Waals surface area contributed by atoms with Crippen LogP contribution < -0.4 is 5.73 Å². The molecule has 0 aliphatic rings. The van der Waals surface area contributed by atoms with E-state index in [1.807, 2.05) is 41.8 Å². The van der Waals surface area contributed by atoms with Crippen LogP contribution in [0.5, 0.6) is 0 Å². The summed E-state index contributed by atoms with van der Waals surface area (Å²) in [5.74, 6) is 0.761. The molecular formula is C18H11ClN4S2. The van der Waals surface area contributed by atoms with Gasteiger partial charge in [-0.1, -0.05) is 29.8 Å². The zero-order valence-electron chi connectivity index (χ0n) is 12.9. The molecule has 1 aromatic carbocycles. The van der Waals surface area contributed by atoms with Crippen molar-refractivity contribution in [3.05, 3.63) is 63.5 Å². The Morgan fingerprint density at radius 1 is 1.12 bits per heavy atom. The van der Waals surface area contributed by atoms with E-state index in [4.69, 9.17) is 17.3 Å². The zero-order valence-corrected chi connectivity index (χ0v) is 15.3. The second-order valence-electron chi connectivity index (χ2n) is 5.04. The number of nitriles is 2. The van der Waals surface area contributed by atoms with Gasteiger partial charge in [0.1, 0.15) is 28.5 Å². The van der Waals surface area contributed by atoms with E-state index in [9.17, 15) is 10.5 Å². The number of hydrogen-bond acceptors (Lipinski definition) is 6. The van der Waals surface area contributed by atoms with E-state index in [0.717, 1.165) is 10.4 Å². The summed E-state index contributed by atoms with van der Waals surface area (Å²) in [7, 11) is 0. The average molecular weight is 383 g/mol. The van der Waals surface area contributed by atoms with Crippen LogP contribution >= 0.6 is 34.7 Å². The molecule has 2 N–H and O–H groups in total. The van der Waals surface area contributed by atoms with Crippen molar-refractivity contribution in [3.8, 4) is 22.6 Å². The number of halogens is 1. The molecule has 0 aliphatic heterocycles. The first-order valence-electron chi connectivity index (χ1n) is 7.18. The number of benzene rings is 1. The molecule has 3 rings (SSSR count). The van der Waals surface area contributed by atoms with Crippen LogP contribution in [0, 0.1) is 22.7 Å². The van der Waals surface area contributed by atoms with Crippen molar-refractivity contribution < 1.29 is 0 Å². The fourth-order valence-corrected chi connectivity index (χ4v) is 4.16. The van der Waals surface area contributed by atoms with Gasteiger partial charge in [0, 0.05) is 21.2 Å². The second kappa shape index (κ2) is 7.58. The van der Waals surface area contributed by atoms with Gasteiger partial charge < -0.3 is 5.73 Å². The summed E-state index contributed by atoms with van der Waals surface area (Å²) in [6, 6.07) is 15.5. The Hall–Kier alpha value is -2.51. The van der Waals surface area contributed by atoms with Gasteiger partial charge in [-0.2, -0.15) is 10.5 Å². The monoisotopic (exact) mass is 382 g/mol. The van der Waals surface area contributed by atoms with Crippen LogP contribution in [0.3, 0.4) is 0 Å². The standard InChI is InChI=1S/C18H11ClN4S2/c19-12-5-3-11(4-6-12)10-25-18-14(9-21)16(15-2-1-7-24-15)13(8-20)17(22)23-18/h1-7H,10H2,(H2,22,23). The molecule has 0 amide bonds. The Morgan fingerprint density at radius 2 is 1.84 bits per heavy atom. The molecule has 25 heavy (non-hydrogen) atoms. The lowest BCUT2D eigenvalue weighted by atomic mass is 10.0. The summed E-state index contributed by atoms with van der Waals surface area (Å²) in [5, 5.41) is 22.2. The third-order valence-electron chi connectivity index (χ3n) is 3.47. The van der Waals surface area contributed by atoms with Crippen LogP contribution in [0.2, 0.25) is 5.02 Å². The average Bonchev–Trinajstić information content (AvgIpc) is 3.14. The summed E-state index contributed by atoms with van der Waals surface area (Å²) in [6.07, 6.45) is 0. The van der Waals surface area contributed by atoms with Crippen molar-refractivity contribution in [2.75, 3.05) is 5.73 Å². The number of anilines is 1. The molecule has 0 spiro atoms. The number of pyridine rings is 1. The molecule has 122 valence electrons. The molecule has 0 aliphatic carbocycles. The van der Waals surface area contributed by atoms with Crippen LogP contribution in [0.25, 0.3) is 10.4 Å². The molecular weight excluding hydrogens is 372 g/mol. The summed E-state index contributed by atoms with van der Waals surface area (Å²) in [4.78, 5) is 5.12. The van der Waals surface area contributed by atoms with Crippen molar-refractivity contribution >= 4 is 40.5 Å². The van der Waals surface area contributed by atoms with Gasteiger partial charge in [-0.05, 0) is 29.1 Å². The second-order valence-corrected chi connectivity index (χ2v) is 7.39. The number of nitrogens with zero attached hydrogens (tertiary/aromatic N) is 3. The summed E-state index contributed by atoms with van der Waals surface area (Å²) >= 11 is 8.77. The minimum absolute atomic E-state index is 0.142. The number of nitrogen functional groups attached to an aromatic ring is 1. The van der Waals surface area contributed by atoms with Crippen LogP contribution in [-0.2, 0) is 5.75 Å². The predicted molar refractivity (Wildman–Crippen MR) is 102 cm³/mol. The Bertz CT molecular complexity index is 984. The van der Waals surface area contributed by atoms with Crippen molar-refractivity contribution in [2.24, 2.45) is 0 Å². The minimum Gasteiger partial charge on any atom is -0.383 e. The third kappa shape index (κ3) is 3.62. The SMILES string of the molecule is N#Cc1c(N)nc(SCc2ccc(Cl)cc2)c(C#N)c1-c1cccs1. The lowest BCUT2D eigenvalue weighted by Crippen LogP contribution is -2.02. The molecule has 0 atom stereocenters. The van der Waals surface area contributed by atoms with Gasteiger partial charge in [-0.3, -0.25) is 0 Å². The van der Waals surface area contributed by atoms with E-state index >= 15 is 0 Å². The Labute approximate surface area is 158 Å². The molecule has 3 aromatic rings. The van der Waals surface area contributed by atoms with E-state index in [-0.39, 0.29) is 11.4 Å². The van der Waals surface area contributed by atoms with Gasteiger partial charge >= 0.3 is 0 Å². The van der Waals surface area contributed by atoms with Gasteiger partial charge in [-0.15, -0.1) is 23.1 Å². The number of thioether (sulfide) groups is 1. The maximum Gasteiger partial charge on any atom is 0.143 e. The highest BCUT2D eigenvalue weighted by atomic mass is 35.5. The van der Waals surface area contributed by atoms with E-state index in [0.29, 0.717) is 26.9 Å². The first-order valence-corrected chi connectivity index (χ1v) is 9.43. The van der Waals surface area contributed by atoms with E-state index in [1.165, 1.54) is 23.1 Å². The van der Waals surface area contributed by atoms with Crippen LogP contribution in [0.15, 0.2) is 46.8 Å². The summed E-state index contributed by atoms with van der Waals surface area (Å²) in [6.45, 7) is 0. The van der Waals surface area contributed by atoms with Crippen molar-refractivity contribution in [1.29, 1.82) is 10.5 Å². The highest BCUT2D eigenvalue weighted by Gasteiger charge is 2.21. The Kier molecular flexibility index (Phi) is 5.25. The third-order valence-corrected chi connectivity index (χ3v) is 5.66. The molecule has 0 saturated heterocycles. The van der Waals surface area contributed by atoms with E-state index in [1.54, 1.807) is 0 Å². The van der Waals surface area contributed by atoms with Crippen molar-refractivity contribution in [1.82, 2.24) is 4.98 Å². The van der Waals surface area contributed by atoms with Crippen molar-refractivity contribution in [3.63, 3.8) is 0 Å². The number of rotatable bonds is 4. The highest BCUT2D eigenvalue weighted by Crippen LogP contribution is 2.38. The molecule has 0 saturated carbocycles. The summed E-state index contributed by atoms with van der Waals surface area (Å²) in [5.41, 5.74) is 8.23. The van der Waals surface area contributed by atoms with Gasteiger partial charge in [0.15, 0.2) is 0 Å². The molecule has 2 aromatic heterocycles. The quantitative estimate of drug-likeness (QED) is 0.635. The van der Waals surface area contributed by atoms with E-state index in [2.05, 4.69) is 17.1 Å². The summed E-state index contributed by atoms with van der Waals surface area (Å²) < 4.78 is 0. The topological polar surface area (TPSA) is 86.5 Å². The molecule has 0 fully saturated rings. The predicted octanol–water partition coefficient (Wildman–Crippen LogP) is 5.08. The first-order chi connectivity index (χ1) is 12.1. The molecule has 0 unspecified atom stereocenters. The van der Waals surface area contributed by atoms with Crippen LogP contribution in [0.4, 0.5) is 5.82 Å². The van der Waals surface area contributed by atoms with Crippen molar-refractivity contribution in [2.45, 2.75) is 10.8 Å². The fraction of sp³-hybridized carbons (Fsp3) is 0.0556. The first kappa shape index (κ1) is 17.3. The zero-order chi connectivity index (χ0) is 17.8. The molecule has 2 heterocycles. The molecule has 0 bridgehead atoms. The lowest BCUT2D eigenvalue weighted by molar-refractivity contribution is 1.11. The number of aromatic nitrogens is 1. The van der Waals surface area contributed by atoms with E-state index < -0.39 is 0 Å². The molecule has 4 nitrogen and oxygen atoms in total. The van der Waals surface area contributed by atoms with Gasteiger partial charge in [0.25, 0.3) is 0 Å². The number of hydrogen-bond donors (Lipinski definition) is 1. The van der Waals surface area contributed by atoms with Crippen LogP contribution in [0.1, 0.15) is 16.7 Å². The lowest BCUT2D eigenvalue weighted by Gasteiger charge is -2.11. The molecule has 7 heteroatoms.